The molecule has 0 aliphatic carbocycles. The predicted molar refractivity (Wildman–Crippen MR) is 115 cm³/mol. The molecule has 1 saturated heterocycles. The van der Waals surface area contributed by atoms with Gasteiger partial charge in [0.15, 0.2) is 5.78 Å². The van der Waals surface area contributed by atoms with E-state index in [1.54, 1.807) is 11.8 Å². The molecule has 0 spiro atoms. The molecule has 1 aliphatic heterocycles. The van der Waals surface area contributed by atoms with Gasteiger partial charge in [-0.3, -0.25) is 23.6 Å². The number of rotatable bonds is 7. The Morgan fingerprint density at radius 3 is 2.68 bits per heavy atom. The zero-order valence-electron chi connectivity index (χ0n) is 17.1. The molecule has 1 aromatic carbocycles. The summed E-state index contributed by atoms with van der Waals surface area (Å²) in [7, 11) is 0. The molecule has 0 bridgehead atoms. The van der Waals surface area contributed by atoms with Crippen LogP contribution in [-0.2, 0) is 17.9 Å². The molecule has 1 atom stereocenters. The monoisotopic (exact) mass is 450 g/mol. The topological polar surface area (TPSA) is 107 Å². The van der Waals surface area contributed by atoms with Crippen molar-refractivity contribution in [2.75, 3.05) is 18.8 Å². The molecular formula is C21H24ClFN4O4. The largest absolute Gasteiger partial charge is 0.384 e. The van der Waals surface area contributed by atoms with E-state index in [2.05, 4.69) is 0 Å². The summed E-state index contributed by atoms with van der Waals surface area (Å²) < 4.78 is 15.5. The number of piperidine rings is 1. The van der Waals surface area contributed by atoms with Crippen LogP contribution in [0.4, 0.5) is 10.2 Å². The molecule has 1 aromatic heterocycles. The zero-order chi connectivity index (χ0) is 22.7. The molecule has 31 heavy (non-hydrogen) atoms. The molecule has 0 saturated carbocycles. The summed E-state index contributed by atoms with van der Waals surface area (Å²) in [6.07, 6.45) is 3.19. The second-order valence-electron chi connectivity index (χ2n) is 7.52. The molecule has 2 N–H and O–H groups in total. The van der Waals surface area contributed by atoms with Crippen molar-refractivity contribution in [2.45, 2.75) is 45.3 Å². The normalized spacial score (nSPS) is 16.9. The van der Waals surface area contributed by atoms with E-state index in [4.69, 9.17) is 17.3 Å². The molecule has 0 unspecified atom stereocenters. The molecule has 0 radical (unpaired) electrons. The van der Waals surface area contributed by atoms with Crippen LogP contribution in [0.25, 0.3) is 0 Å². The number of hydrogen-bond acceptors (Lipinski definition) is 6. The number of aromatic nitrogens is 2. The number of aldehydes is 1. The minimum absolute atomic E-state index is 0.0447. The smallest absolute Gasteiger partial charge is 0.332 e. The number of anilines is 1. The van der Waals surface area contributed by atoms with Crippen LogP contribution in [0.2, 0.25) is 5.02 Å². The average Bonchev–Trinajstić information content (AvgIpc) is 2.74. The fourth-order valence-electron chi connectivity index (χ4n) is 3.86. The van der Waals surface area contributed by atoms with Crippen LogP contribution in [-0.4, -0.2) is 45.2 Å². The molecule has 2 heterocycles. The lowest BCUT2D eigenvalue weighted by atomic mass is 10.0. The second kappa shape index (κ2) is 9.57. The molecule has 1 fully saturated rings. The van der Waals surface area contributed by atoms with Gasteiger partial charge in [0.05, 0.1) is 24.2 Å². The van der Waals surface area contributed by atoms with Crippen molar-refractivity contribution in [1.29, 1.82) is 0 Å². The first-order chi connectivity index (χ1) is 14.8. The van der Waals surface area contributed by atoms with Crippen LogP contribution < -0.4 is 17.0 Å². The van der Waals surface area contributed by atoms with Gasteiger partial charge in [0.2, 0.25) is 0 Å². The number of ketones is 1. The van der Waals surface area contributed by atoms with Crippen LogP contribution in [0.15, 0.2) is 27.8 Å². The molecule has 166 valence electrons. The Morgan fingerprint density at radius 2 is 2.03 bits per heavy atom. The zero-order valence-corrected chi connectivity index (χ0v) is 17.9. The lowest BCUT2D eigenvalue weighted by Gasteiger charge is -2.31. The van der Waals surface area contributed by atoms with E-state index in [0.717, 1.165) is 34.3 Å². The summed E-state index contributed by atoms with van der Waals surface area (Å²) in [5.74, 6) is -1.42. The van der Waals surface area contributed by atoms with Gasteiger partial charge < -0.3 is 10.5 Å². The number of halogens is 2. The van der Waals surface area contributed by atoms with Crippen molar-refractivity contribution in [3.8, 4) is 0 Å². The van der Waals surface area contributed by atoms with E-state index < -0.39 is 22.8 Å². The van der Waals surface area contributed by atoms with Crippen molar-refractivity contribution in [1.82, 2.24) is 14.0 Å². The Labute approximate surface area is 183 Å². The van der Waals surface area contributed by atoms with Gasteiger partial charge in [-0.15, -0.1) is 0 Å². The maximum Gasteiger partial charge on any atom is 0.332 e. The van der Waals surface area contributed by atoms with E-state index in [1.807, 2.05) is 0 Å². The van der Waals surface area contributed by atoms with Gasteiger partial charge >= 0.3 is 5.69 Å². The van der Waals surface area contributed by atoms with Crippen molar-refractivity contribution in [2.24, 2.45) is 0 Å². The Hall–Kier alpha value is -2.78. The molecule has 3 rings (SSSR count). The Balaban J connectivity index is 2.03. The maximum absolute atomic E-state index is 13.5. The quantitative estimate of drug-likeness (QED) is 0.508. The summed E-state index contributed by atoms with van der Waals surface area (Å²) in [6.45, 7) is 1.98. The minimum Gasteiger partial charge on any atom is -0.384 e. The number of nitrogens with zero attached hydrogens (tertiary/aromatic N) is 3. The van der Waals surface area contributed by atoms with Crippen LogP contribution in [0, 0.1) is 5.82 Å². The highest BCUT2D eigenvalue weighted by Gasteiger charge is 2.28. The van der Waals surface area contributed by atoms with Gasteiger partial charge in [-0.1, -0.05) is 24.1 Å². The summed E-state index contributed by atoms with van der Waals surface area (Å²) in [4.78, 5) is 51.8. The number of carbonyl (C=O) groups excluding carboxylic acids is 2. The van der Waals surface area contributed by atoms with Crippen molar-refractivity contribution in [3.05, 3.63) is 61.0 Å². The first-order valence-corrected chi connectivity index (χ1v) is 10.5. The molecule has 2 aromatic rings. The lowest BCUT2D eigenvalue weighted by molar-refractivity contribution is -0.113. The third-order valence-corrected chi connectivity index (χ3v) is 5.85. The first-order valence-electron chi connectivity index (χ1n) is 10.1. The van der Waals surface area contributed by atoms with Gasteiger partial charge in [0.1, 0.15) is 23.5 Å². The summed E-state index contributed by atoms with van der Waals surface area (Å²) in [5, 5.41) is -0.116. The second-order valence-corrected chi connectivity index (χ2v) is 7.93. The highest BCUT2D eigenvalue weighted by Crippen LogP contribution is 2.19. The molecule has 0 amide bonds. The van der Waals surface area contributed by atoms with Crippen LogP contribution in [0.1, 0.15) is 42.1 Å². The Bertz CT molecular complexity index is 1130. The predicted octanol–water partition coefficient (Wildman–Crippen LogP) is 1.69. The van der Waals surface area contributed by atoms with Crippen LogP contribution >= 0.6 is 11.6 Å². The van der Waals surface area contributed by atoms with E-state index in [-0.39, 0.29) is 42.1 Å². The standard InChI is InChI=1S/C21H24ClFN4O4/c1-2-26-20(30)18(17(29)11-25-8-4-3-5-14(25)12-28)19(24)27(21(26)31)10-13-6-7-16(23)15(22)9-13/h6-7,9,12,14H,2-5,8,10-11,24H2,1H3/t14-/m1/s1. The molecular weight excluding hydrogens is 427 g/mol. The number of benzene rings is 1. The van der Waals surface area contributed by atoms with Gasteiger partial charge in [0.25, 0.3) is 5.56 Å². The van der Waals surface area contributed by atoms with Crippen molar-refractivity contribution >= 4 is 29.5 Å². The fourth-order valence-corrected chi connectivity index (χ4v) is 4.06. The van der Waals surface area contributed by atoms with Crippen molar-refractivity contribution < 1.29 is 14.0 Å². The van der Waals surface area contributed by atoms with Crippen LogP contribution in [0.3, 0.4) is 0 Å². The third-order valence-electron chi connectivity index (χ3n) is 5.56. The summed E-state index contributed by atoms with van der Waals surface area (Å²) in [6, 6.07) is 3.57. The molecule has 8 nitrogen and oxygen atoms in total. The van der Waals surface area contributed by atoms with Gasteiger partial charge in [-0.2, -0.15) is 0 Å². The lowest BCUT2D eigenvalue weighted by Crippen LogP contribution is -2.47. The Morgan fingerprint density at radius 1 is 1.29 bits per heavy atom. The number of carbonyl (C=O) groups is 2. The number of Topliss-reactive ketones (excluding diaryl/α,β-unsaturated/α-hetero) is 1. The SMILES string of the molecule is CCn1c(=O)c(C(=O)CN2CCCC[C@@H]2C=O)c(N)n(Cc2ccc(F)c(Cl)c2)c1=O. The van der Waals surface area contributed by atoms with Gasteiger partial charge in [-0.05, 0) is 44.0 Å². The number of nitrogen functional groups attached to an aromatic ring is 1. The first kappa shape index (κ1) is 22.9. The highest BCUT2D eigenvalue weighted by molar-refractivity contribution is 6.30. The number of nitrogens with two attached hydrogens (primary N) is 1. The third kappa shape index (κ3) is 4.62. The van der Waals surface area contributed by atoms with E-state index in [1.165, 1.54) is 12.1 Å². The van der Waals surface area contributed by atoms with E-state index in [9.17, 15) is 23.6 Å². The Kier molecular flexibility index (Phi) is 7.07. The minimum atomic E-state index is -0.761. The van der Waals surface area contributed by atoms with E-state index in [0.29, 0.717) is 18.5 Å². The average molecular weight is 451 g/mol. The van der Waals surface area contributed by atoms with Crippen molar-refractivity contribution in [3.63, 3.8) is 0 Å². The maximum atomic E-state index is 13.5. The van der Waals surface area contributed by atoms with Crippen LogP contribution in [0.5, 0.6) is 0 Å². The highest BCUT2D eigenvalue weighted by atomic mass is 35.5. The van der Waals surface area contributed by atoms with Gasteiger partial charge in [-0.25, -0.2) is 9.18 Å². The van der Waals surface area contributed by atoms with Gasteiger partial charge in [0, 0.05) is 6.54 Å². The number of hydrogen-bond donors (Lipinski definition) is 1. The van der Waals surface area contributed by atoms with E-state index >= 15 is 0 Å². The molecule has 1 aliphatic rings. The molecule has 10 heteroatoms. The summed E-state index contributed by atoms with van der Waals surface area (Å²) in [5.41, 5.74) is 4.89. The summed E-state index contributed by atoms with van der Waals surface area (Å²) >= 11 is 5.82. The fraction of sp³-hybridized carbons (Fsp3) is 0.429. The number of likely N-dealkylation sites (tertiary alicyclic amines) is 1.